The molecule has 8 heteroatoms. The summed E-state index contributed by atoms with van der Waals surface area (Å²) in [5.74, 6) is -3.56. The van der Waals surface area contributed by atoms with Gasteiger partial charge in [-0.05, 0) is 23.9 Å². The zero-order valence-electron chi connectivity index (χ0n) is 12.6. The third-order valence-electron chi connectivity index (χ3n) is 3.35. The van der Waals surface area contributed by atoms with Crippen LogP contribution in [0, 0.1) is 17.5 Å². The number of thiophene rings is 1. The fourth-order valence-electron chi connectivity index (χ4n) is 2.29. The minimum Gasteiger partial charge on any atom is -0.466 e. The van der Waals surface area contributed by atoms with E-state index in [-0.39, 0.29) is 22.6 Å². The van der Waals surface area contributed by atoms with Gasteiger partial charge in [0.05, 0.1) is 22.7 Å². The number of thiazole rings is 1. The van der Waals surface area contributed by atoms with Crippen molar-refractivity contribution in [2.24, 2.45) is 0 Å². The highest BCUT2D eigenvalue weighted by Crippen LogP contribution is 2.31. The lowest BCUT2D eigenvalue weighted by atomic mass is 10.1. The molecule has 0 aliphatic rings. The summed E-state index contributed by atoms with van der Waals surface area (Å²) in [6, 6.07) is 2.34. The van der Waals surface area contributed by atoms with Gasteiger partial charge in [-0.25, -0.2) is 18.2 Å². The summed E-state index contributed by atoms with van der Waals surface area (Å²) in [5.41, 5.74) is 0.501. The molecule has 0 saturated carbocycles. The quantitative estimate of drug-likeness (QED) is 0.491. The Morgan fingerprint density at radius 3 is 2.83 bits per heavy atom. The van der Waals surface area contributed by atoms with Gasteiger partial charge in [0, 0.05) is 17.4 Å². The average molecular weight is 371 g/mol. The molecule has 0 aliphatic heterocycles. The fourth-order valence-corrected chi connectivity index (χ4v) is 4.27. The van der Waals surface area contributed by atoms with Crippen LogP contribution < -0.4 is 0 Å². The van der Waals surface area contributed by atoms with E-state index in [1.807, 2.05) is 11.4 Å². The molecule has 0 N–H and O–H groups in total. The summed E-state index contributed by atoms with van der Waals surface area (Å²) in [6.45, 7) is 2.04. The van der Waals surface area contributed by atoms with Crippen LogP contribution in [0.2, 0.25) is 0 Å². The van der Waals surface area contributed by atoms with Gasteiger partial charge in [0.1, 0.15) is 11.3 Å². The van der Waals surface area contributed by atoms with Crippen molar-refractivity contribution in [1.29, 1.82) is 0 Å². The summed E-state index contributed by atoms with van der Waals surface area (Å²) in [6.07, 6.45) is 0.459. The number of rotatable bonds is 5. The van der Waals surface area contributed by atoms with Crippen molar-refractivity contribution in [1.82, 2.24) is 4.98 Å². The summed E-state index contributed by atoms with van der Waals surface area (Å²) in [4.78, 5) is 16.5. The maximum Gasteiger partial charge on any atom is 0.310 e. The van der Waals surface area contributed by atoms with Gasteiger partial charge in [0.2, 0.25) is 0 Å². The van der Waals surface area contributed by atoms with Crippen LogP contribution in [-0.4, -0.2) is 17.6 Å². The van der Waals surface area contributed by atoms with Crippen molar-refractivity contribution in [3.05, 3.63) is 50.4 Å². The number of benzene rings is 1. The van der Waals surface area contributed by atoms with Gasteiger partial charge in [-0.2, -0.15) is 0 Å². The number of esters is 1. The van der Waals surface area contributed by atoms with Crippen LogP contribution in [-0.2, 0) is 22.4 Å². The van der Waals surface area contributed by atoms with Crippen LogP contribution in [0.25, 0.3) is 10.2 Å². The van der Waals surface area contributed by atoms with Crippen molar-refractivity contribution < 1.29 is 22.7 Å². The second-order valence-corrected chi connectivity index (χ2v) is 7.05. The van der Waals surface area contributed by atoms with Crippen molar-refractivity contribution in [3.8, 4) is 0 Å². The highest BCUT2D eigenvalue weighted by atomic mass is 32.1. The number of halogens is 3. The minimum atomic E-state index is -1.25. The molecule has 0 amide bonds. The number of fused-ring (bicyclic) bond motifs is 1. The Morgan fingerprint density at radius 2 is 2.08 bits per heavy atom. The summed E-state index contributed by atoms with van der Waals surface area (Å²) in [5, 5.41) is 2.29. The Kier molecular flexibility index (Phi) is 4.86. The van der Waals surface area contributed by atoms with Crippen molar-refractivity contribution in [2.45, 2.75) is 19.8 Å². The molecule has 126 valence electrons. The van der Waals surface area contributed by atoms with Crippen molar-refractivity contribution in [2.75, 3.05) is 6.61 Å². The summed E-state index contributed by atoms with van der Waals surface area (Å²) >= 11 is 2.40. The SMILES string of the molecule is CCOC(=O)Cc1ccsc1Cc1nc2c(F)c(F)cc(F)c2s1. The van der Waals surface area contributed by atoms with Crippen LogP contribution in [0.3, 0.4) is 0 Å². The van der Waals surface area contributed by atoms with E-state index >= 15 is 0 Å². The molecule has 0 fully saturated rings. The Hall–Kier alpha value is -1.93. The Bertz CT molecular complexity index is 904. The number of nitrogens with zero attached hydrogens (tertiary/aromatic N) is 1. The molecule has 0 spiro atoms. The first-order chi connectivity index (χ1) is 11.5. The molecule has 0 atom stereocenters. The zero-order chi connectivity index (χ0) is 17.3. The standard InChI is InChI=1S/C16H12F3NO2S2/c1-2-22-13(21)5-8-3-4-23-11(8)7-12-20-15-14(19)9(17)6-10(18)16(15)24-12/h3-4,6H,2,5,7H2,1H3. The molecule has 0 aliphatic carbocycles. The highest BCUT2D eigenvalue weighted by Gasteiger charge is 2.19. The lowest BCUT2D eigenvalue weighted by molar-refractivity contribution is -0.142. The van der Waals surface area contributed by atoms with Crippen molar-refractivity contribution >= 4 is 38.9 Å². The smallest absolute Gasteiger partial charge is 0.310 e. The largest absolute Gasteiger partial charge is 0.466 e. The minimum absolute atomic E-state index is 0.00704. The lowest BCUT2D eigenvalue weighted by Gasteiger charge is -2.02. The molecule has 0 saturated heterocycles. The lowest BCUT2D eigenvalue weighted by Crippen LogP contribution is -2.08. The van der Waals surface area contributed by atoms with E-state index in [2.05, 4.69) is 4.98 Å². The second-order valence-electron chi connectivity index (χ2n) is 4.97. The van der Waals surface area contributed by atoms with Gasteiger partial charge in [0.15, 0.2) is 11.6 Å². The fraction of sp³-hybridized carbons (Fsp3) is 0.250. The monoisotopic (exact) mass is 371 g/mol. The molecule has 2 heterocycles. The molecule has 3 aromatic rings. The molecule has 0 unspecified atom stereocenters. The highest BCUT2D eigenvalue weighted by molar-refractivity contribution is 7.18. The van der Waals surface area contributed by atoms with E-state index in [0.29, 0.717) is 24.1 Å². The molecule has 0 radical (unpaired) electrons. The third-order valence-corrected chi connectivity index (χ3v) is 5.38. The number of hydrogen-bond donors (Lipinski definition) is 0. The number of ether oxygens (including phenoxy) is 1. The van der Waals surface area contributed by atoms with Gasteiger partial charge >= 0.3 is 5.97 Å². The van der Waals surface area contributed by atoms with Gasteiger partial charge in [-0.15, -0.1) is 22.7 Å². The van der Waals surface area contributed by atoms with Crippen LogP contribution in [0.5, 0.6) is 0 Å². The third kappa shape index (κ3) is 3.29. The maximum absolute atomic E-state index is 13.8. The van der Waals surface area contributed by atoms with Gasteiger partial charge in [0.25, 0.3) is 0 Å². The van der Waals surface area contributed by atoms with Crippen molar-refractivity contribution in [3.63, 3.8) is 0 Å². The van der Waals surface area contributed by atoms with Crippen LogP contribution in [0.1, 0.15) is 22.4 Å². The topological polar surface area (TPSA) is 39.2 Å². The maximum atomic E-state index is 13.8. The molecule has 1 aromatic carbocycles. The number of aromatic nitrogens is 1. The molecule has 3 rings (SSSR count). The van der Waals surface area contributed by atoms with E-state index in [4.69, 9.17) is 4.74 Å². The molecule has 24 heavy (non-hydrogen) atoms. The second kappa shape index (κ2) is 6.90. The molecule has 2 aromatic heterocycles. The summed E-state index contributed by atoms with van der Waals surface area (Å²) in [7, 11) is 0. The van der Waals surface area contributed by atoms with E-state index < -0.39 is 17.5 Å². The van der Waals surface area contributed by atoms with Crippen LogP contribution in [0.4, 0.5) is 13.2 Å². The van der Waals surface area contributed by atoms with E-state index in [1.54, 1.807) is 6.92 Å². The molecular formula is C16H12F3NO2S2. The number of carbonyl (C=O) groups is 1. The van der Waals surface area contributed by atoms with Crippen LogP contribution >= 0.6 is 22.7 Å². The van der Waals surface area contributed by atoms with Gasteiger partial charge in [-0.3, -0.25) is 4.79 Å². The first-order valence-corrected chi connectivity index (χ1v) is 8.83. The normalized spacial score (nSPS) is 11.2. The van der Waals surface area contributed by atoms with E-state index in [1.165, 1.54) is 11.3 Å². The van der Waals surface area contributed by atoms with Crippen LogP contribution in [0.15, 0.2) is 17.5 Å². The van der Waals surface area contributed by atoms with Gasteiger partial charge in [-0.1, -0.05) is 0 Å². The molecular weight excluding hydrogens is 359 g/mol. The van der Waals surface area contributed by atoms with Gasteiger partial charge < -0.3 is 4.74 Å². The average Bonchev–Trinajstić information content (AvgIpc) is 3.13. The zero-order valence-corrected chi connectivity index (χ0v) is 14.2. The number of carbonyl (C=O) groups excluding carboxylic acids is 1. The predicted molar refractivity (Wildman–Crippen MR) is 87.0 cm³/mol. The Morgan fingerprint density at radius 1 is 1.29 bits per heavy atom. The molecule has 0 bridgehead atoms. The Labute approximate surface area is 143 Å². The van der Waals surface area contributed by atoms with E-state index in [9.17, 15) is 18.0 Å². The number of hydrogen-bond acceptors (Lipinski definition) is 5. The Balaban J connectivity index is 1.89. The first kappa shape index (κ1) is 16.9. The first-order valence-electron chi connectivity index (χ1n) is 7.13. The molecule has 3 nitrogen and oxygen atoms in total. The predicted octanol–water partition coefficient (Wildman–Crippen LogP) is 4.47. The summed E-state index contributed by atoms with van der Waals surface area (Å²) < 4.78 is 45.7. The van der Waals surface area contributed by atoms with E-state index in [0.717, 1.165) is 21.8 Å².